The Morgan fingerprint density at radius 1 is 1.16 bits per heavy atom. The number of halogens is 1. The molecule has 4 aromatic rings. The summed E-state index contributed by atoms with van der Waals surface area (Å²) in [6, 6.07) is 15.8. The van der Waals surface area contributed by atoms with Gasteiger partial charge in [0.15, 0.2) is 5.76 Å². The first kappa shape index (κ1) is 20.8. The smallest absolute Gasteiger partial charge is 0.307 e. The van der Waals surface area contributed by atoms with Crippen LogP contribution in [-0.4, -0.2) is 21.6 Å². The van der Waals surface area contributed by atoms with Crippen LogP contribution in [0, 0.1) is 27.5 Å². The number of fused-ring (bicyclic) bond motifs is 1. The fraction of sp³-hybridized carbons (Fsp3) is 0.0909. The van der Waals surface area contributed by atoms with Gasteiger partial charge in [-0.05, 0) is 78.9 Å². The number of non-ortho nitro benzene ring substituents is 1. The zero-order valence-electron chi connectivity index (χ0n) is 16.6. The van der Waals surface area contributed by atoms with Gasteiger partial charge in [0.2, 0.25) is 0 Å². The largest absolute Gasteiger partial charge is 0.451 e. The second-order valence-corrected chi connectivity index (χ2v) is 8.17. The predicted molar refractivity (Wildman–Crippen MR) is 126 cm³/mol. The number of carbonyl (C=O) groups excluding carboxylic acids is 1. The van der Waals surface area contributed by atoms with Gasteiger partial charge in [0.1, 0.15) is 5.58 Å². The van der Waals surface area contributed by atoms with Crippen LogP contribution in [0.25, 0.3) is 16.7 Å². The van der Waals surface area contributed by atoms with Crippen LogP contribution in [0.2, 0.25) is 0 Å². The third kappa shape index (κ3) is 4.22. The highest BCUT2D eigenvalue weighted by atomic mass is 127. The number of furan rings is 1. The van der Waals surface area contributed by atoms with Gasteiger partial charge < -0.3 is 8.98 Å². The van der Waals surface area contributed by atoms with E-state index in [2.05, 4.69) is 49.8 Å². The van der Waals surface area contributed by atoms with Gasteiger partial charge in [-0.2, -0.15) is 5.10 Å². The molecule has 2 aromatic heterocycles. The third-order valence-electron chi connectivity index (χ3n) is 4.86. The number of nitro benzene ring substituents is 1. The SMILES string of the molecule is Cc1cc(/C=N/NC(=O)c2cc3cc([N+](=O)[O-])ccc3o2)c(C)n1-c1ccc(I)cc1. The first-order valence-corrected chi connectivity index (χ1v) is 10.4. The molecular weight excluding hydrogens is 511 g/mol. The zero-order chi connectivity index (χ0) is 22.1. The molecular formula is C22H17IN4O4. The minimum absolute atomic E-state index is 0.0250. The first-order valence-electron chi connectivity index (χ1n) is 9.30. The molecule has 8 nitrogen and oxygen atoms in total. The second-order valence-electron chi connectivity index (χ2n) is 6.93. The molecule has 4 rings (SSSR count). The summed E-state index contributed by atoms with van der Waals surface area (Å²) in [7, 11) is 0. The number of hydrogen-bond donors (Lipinski definition) is 1. The van der Waals surface area contributed by atoms with E-state index >= 15 is 0 Å². The standard InChI is InChI=1S/C22H17IN4O4/c1-13-9-16(14(2)26(13)18-5-3-17(23)4-6-18)12-24-25-22(28)21-11-15-10-19(27(29)30)7-8-20(15)31-21/h3-12H,1-2H3,(H,25,28)/b24-12+. The van der Waals surface area contributed by atoms with Crippen molar-refractivity contribution in [3.63, 3.8) is 0 Å². The maximum Gasteiger partial charge on any atom is 0.307 e. The Morgan fingerprint density at radius 2 is 1.90 bits per heavy atom. The van der Waals surface area contributed by atoms with E-state index in [0.717, 1.165) is 26.2 Å². The van der Waals surface area contributed by atoms with Crippen molar-refractivity contribution in [1.29, 1.82) is 0 Å². The van der Waals surface area contributed by atoms with Crippen LogP contribution in [0.5, 0.6) is 0 Å². The number of aromatic nitrogens is 1. The molecule has 1 amide bonds. The lowest BCUT2D eigenvalue weighted by molar-refractivity contribution is -0.384. The Bertz CT molecular complexity index is 1340. The summed E-state index contributed by atoms with van der Waals surface area (Å²) in [5, 5.41) is 15.4. The second kappa shape index (κ2) is 8.34. The summed E-state index contributed by atoms with van der Waals surface area (Å²) >= 11 is 2.27. The number of aryl methyl sites for hydroxylation is 1. The van der Waals surface area contributed by atoms with E-state index in [9.17, 15) is 14.9 Å². The van der Waals surface area contributed by atoms with Crippen molar-refractivity contribution in [2.75, 3.05) is 0 Å². The van der Waals surface area contributed by atoms with Gasteiger partial charge in [-0.1, -0.05) is 0 Å². The first-order chi connectivity index (χ1) is 14.8. The lowest BCUT2D eigenvalue weighted by Crippen LogP contribution is -2.16. The predicted octanol–water partition coefficient (Wildman–Crippen LogP) is 5.12. The third-order valence-corrected chi connectivity index (χ3v) is 5.58. The molecule has 0 aliphatic heterocycles. The highest BCUT2D eigenvalue weighted by Crippen LogP contribution is 2.24. The fourth-order valence-corrected chi connectivity index (χ4v) is 3.74. The van der Waals surface area contributed by atoms with Crippen LogP contribution >= 0.6 is 22.6 Å². The van der Waals surface area contributed by atoms with Crippen molar-refractivity contribution < 1.29 is 14.1 Å². The monoisotopic (exact) mass is 528 g/mol. The number of amides is 1. The van der Waals surface area contributed by atoms with Gasteiger partial charge in [-0.25, -0.2) is 5.43 Å². The van der Waals surface area contributed by atoms with E-state index in [1.165, 1.54) is 24.3 Å². The van der Waals surface area contributed by atoms with Gasteiger partial charge in [0.05, 0.1) is 11.1 Å². The number of hydrogen-bond acceptors (Lipinski definition) is 5. The van der Waals surface area contributed by atoms with Crippen LogP contribution in [0.15, 0.2) is 64.1 Å². The molecule has 0 atom stereocenters. The minimum Gasteiger partial charge on any atom is -0.451 e. The van der Waals surface area contributed by atoms with Crippen LogP contribution < -0.4 is 5.43 Å². The summed E-state index contributed by atoms with van der Waals surface area (Å²) in [5.74, 6) is -0.515. The maximum atomic E-state index is 12.4. The fourth-order valence-electron chi connectivity index (χ4n) is 3.38. The van der Waals surface area contributed by atoms with E-state index in [1.807, 2.05) is 32.0 Å². The summed E-state index contributed by atoms with van der Waals surface area (Å²) in [6.07, 6.45) is 1.58. The van der Waals surface area contributed by atoms with Crippen molar-refractivity contribution in [2.45, 2.75) is 13.8 Å². The van der Waals surface area contributed by atoms with Gasteiger partial charge in [-0.3, -0.25) is 14.9 Å². The van der Waals surface area contributed by atoms with Crippen molar-refractivity contribution in [1.82, 2.24) is 9.99 Å². The van der Waals surface area contributed by atoms with Crippen molar-refractivity contribution in [3.8, 4) is 5.69 Å². The van der Waals surface area contributed by atoms with Crippen molar-refractivity contribution in [3.05, 3.63) is 91.0 Å². The molecule has 0 aliphatic carbocycles. The molecule has 31 heavy (non-hydrogen) atoms. The van der Waals surface area contributed by atoms with Gasteiger partial charge in [0.25, 0.3) is 5.69 Å². The molecule has 0 radical (unpaired) electrons. The van der Waals surface area contributed by atoms with Crippen molar-refractivity contribution >= 4 is 51.4 Å². The molecule has 0 saturated heterocycles. The highest BCUT2D eigenvalue weighted by Gasteiger charge is 2.15. The van der Waals surface area contributed by atoms with E-state index in [0.29, 0.717) is 11.0 Å². The number of benzene rings is 2. The van der Waals surface area contributed by atoms with Gasteiger partial charge >= 0.3 is 5.91 Å². The van der Waals surface area contributed by atoms with E-state index in [4.69, 9.17) is 4.42 Å². The Hall–Kier alpha value is -3.47. The van der Waals surface area contributed by atoms with Gasteiger partial charge in [0, 0.05) is 43.7 Å². The molecule has 0 aliphatic rings. The average Bonchev–Trinajstić information content (AvgIpc) is 3.29. The van der Waals surface area contributed by atoms with E-state index < -0.39 is 10.8 Å². The number of carbonyl (C=O) groups is 1. The molecule has 156 valence electrons. The average molecular weight is 528 g/mol. The lowest BCUT2D eigenvalue weighted by atomic mass is 10.2. The topological polar surface area (TPSA) is 103 Å². The minimum atomic E-state index is -0.540. The number of nitrogens with zero attached hydrogens (tertiary/aromatic N) is 3. The molecule has 1 N–H and O–H groups in total. The molecule has 2 aromatic carbocycles. The summed E-state index contributed by atoms with van der Waals surface area (Å²) in [6.45, 7) is 3.99. The van der Waals surface area contributed by atoms with Crippen LogP contribution in [0.3, 0.4) is 0 Å². The quantitative estimate of drug-likeness (QED) is 0.168. The zero-order valence-corrected chi connectivity index (χ0v) is 18.8. The van der Waals surface area contributed by atoms with Gasteiger partial charge in [-0.15, -0.1) is 0 Å². The lowest BCUT2D eigenvalue weighted by Gasteiger charge is -2.09. The number of rotatable bonds is 5. The molecule has 2 heterocycles. The normalized spacial score (nSPS) is 11.3. The number of nitro groups is 1. The van der Waals surface area contributed by atoms with E-state index in [-0.39, 0.29) is 11.4 Å². The molecule has 0 bridgehead atoms. The van der Waals surface area contributed by atoms with Crippen LogP contribution in [0.1, 0.15) is 27.5 Å². The summed E-state index contributed by atoms with van der Waals surface area (Å²) in [4.78, 5) is 22.8. The number of hydrazone groups is 1. The molecule has 0 spiro atoms. The summed E-state index contributed by atoms with van der Waals surface area (Å²) < 4.78 is 8.75. The highest BCUT2D eigenvalue weighted by molar-refractivity contribution is 14.1. The molecule has 0 unspecified atom stereocenters. The summed E-state index contributed by atoms with van der Waals surface area (Å²) in [5.41, 5.74) is 6.73. The molecule has 0 saturated carbocycles. The van der Waals surface area contributed by atoms with Crippen molar-refractivity contribution in [2.24, 2.45) is 5.10 Å². The van der Waals surface area contributed by atoms with Crippen LogP contribution in [0.4, 0.5) is 5.69 Å². The molecule has 9 heteroatoms. The Kier molecular flexibility index (Phi) is 5.59. The van der Waals surface area contributed by atoms with Crippen LogP contribution in [-0.2, 0) is 0 Å². The Balaban J connectivity index is 1.51. The van der Waals surface area contributed by atoms with E-state index in [1.54, 1.807) is 6.21 Å². The molecule has 0 fully saturated rings. The number of nitrogens with one attached hydrogen (secondary N) is 1. The maximum absolute atomic E-state index is 12.4. The Labute approximate surface area is 190 Å². The Morgan fingerprint density at radius 3 is 2.61 bits per heavy atom.